The molecule has 0 spiro atoms. The van der Waals surface area contributed by atoms with Gasteiger partial charge < -0.3 is 19.5 Å². The molecule has 0 bridgehead atoms. The van der Waals surface area contributed by atoms with Gasteiger partial charge in [0.05, 0.1) is 19.4 Å². The predicted octanol–water partition coefficient (Wildman–Crippen LogP) is 4.23. The molecule has 1 aliphatic rings. The van der Waals surface area contributed by atoms with Crippen LogP contribution in [0.4, 0.5) is 4.39 Å². The molecule has 3 aromatic rings. The second kappa shape index (κ2) is 10.7. The fourth-order valence-corrected chi connectivity index (χ4v) is 4.20. The minimum atomic E-state index is -0.340. The molecule has 1 atom stereocenters. The highest BCUT2D eigenvalue weighted by Crippen LogP contribution is 2.29. The van der Waals surface area contributed by atoms with Crippen molar-refractivity contribution in [2.75, 3.05) is 26.6 Å². The first-order valence-corrected chi connectivity index (χ1v) is 11.9. The highest BCUT2D eigenvalue weighted by atomic mass is 32.2. The van der Waals surface area contributed by atoms with Gasteiger partial charge in [0, 0.05) is 18.8 Å². The maximum absolute atomic E-state index is 13.4. The van der Waals surface area contributed by atoms with Crippen LogP contribution in [-0.4, -0.2) is 48.1 Å². The highest BCUT2D eigenvalue weighted by molar-refractivity contribution is 7.98. The number of ether oxygens (including phenoxy) is 3. The van der Waals surface area contributed by atoms with E-state index in [-0.39, 0.29) is 17.8 Å². The van der Waals surface area contributed by atoms with Gasteiger partial charge in [0.1, 0.15) is 18.1 Å². The molecule has 0 aliphatic carbocycles. The van der Waals surface area contributed by atoms with Gasteiger partial charge in [0.25, 0.3) is 5.91 Å². The van der Waals surface area contributed by atoms with Crippen molar-refractivity contribution in [2.24, 2.45) is 0 Å². The van der Waals surface area contributed by atoms with E-state index in [2.05, 4.69) is 10.3 Å². The Morgan fingerprint density at radius 3 is 2.79 bits per heavy atom. The summed E-state index contributed by atoms with van der Waals surface area (Å²) in [5.41, 5.74) is 1.90. The molecule has 0 radical (unpaired) electrons. The fraction of sp³-hybridized carbons (Fsp3) is 0.333. The van der Waals surface area contributed by atoms with Crippen molar-refractivity contribution in [3.63, 3.8) is 0 Å². The van der Waals surface area contributed by atoms with Crippen molar-refractivity contribution in [1.82, 2.24) is 14.9 Å². The quantitative estimate of drug-likeness (QED) is 0.471. The molecular weight excluding hydrogens is 445 g/mol. The van der Waals surface area contributed by atoms with Crippen molar-refractivity contribution in [3.8, 4) is 17.2 Å². The number of halogens is 1. The van der Waals surface area contributed by atoms with Crippen LogP contribution in [0.1, 0.15) is 28.9 Å². The molecule has 33 heavy (non-hydrogen) atoms. The third-order valence-corrected chi connectivity index (χ3v) is 6.01. The van der Waals surface area contributed by atoms with Gasteiger partial charge in [-0.15, -0.1) is 0 Å². The normalized spacial score (nSPS) is 15.4. The standard InChI is InChI=1S/C24H26FN3O4S/c1-30-22-12-16(5-10-21(22)32-15-19-4-3-11-31-19)13-26-23(29)20-14-27-24(33-2)28(20)18-8-6-17(25)7-9-18/h5-10,12,14,19H,3-4,11,13,15H2,1-2H3,(H,26,29). The van der Waals surface area contributed by atoms with E-state index in [1.54, 1.807) is 23.8 Å². The molecule has 1 saturated heterocycles. The summed E-state index contributed by atoms with van der Waals surface area (Å²) in [7, 11) is 1.59. The van der Waals surface area contributed by atoms with E-state index in [1.807, 2.05) is 24.5 Å². The number of nitrogens with one attached hydrogen (secondary N) is 1. The number of hydrogen-bond donors (Lipinski definition) is 1. The van der Waals surface area contributed by atoms with Crippen molar-refractivity contribution in [2.45, 2.75) is 30.6 Å². The number of hydrogen-bond acceptors (Lipinski definition) is 6. The zero-order valence-electron chi connectivity index (χ0n) is 18.5. The van der Waals surface area contributed by atoms with E-state index in [1.165, 1.54) is 30.1 Å². The Hall–Kier alpha value is -3.04. The molecule has 174 valence electrons. The highest BCUT2D eigenvalue weighted by Gasteiger charge is 2.19. The van der Waals surface area contributed by atoms with Crippen molar-refractivity contribution < 1.29 is 23.4 Å². The monoisotopic (exact) mass is 471 g/mol. The van der Waals surface area contributed by atoms with Crippen molar-refractivity contribution in [3.05, 3.63) is 65.7 Å². The lowest BCUT2D eigenvalue weighted by Gasteiger charge is -2.15. The van der Waals surface area contributed by atoms with Gasteiger partial charge in [-0.2, -0.15) is 0 Å². The molecule has 7 nitrogen and oxygen atoms in total. The molecule has 1 amide bonds. The number of amides is 1. The molecule has 1 unspecified atom stereocenters. The summed E-state index contributed by atoms with van der Waals surface area (Å²) < 4.78 is 32.0. The summed E-state index contributed by atoms with van der Waals surface area (Å²) in [6, 6.07) is 11.5. The van der Waals surface area contributed by atoms with Gasteiger partial charge in [-0.3, -0.25) is 9.36 Å². The Labute approximate surface area is 196 Å². The van der Waals surface area contributed by atoms with Gasteiger partial charge in [0.2, 0.25) is 0 Å². The number of benzene rings is 2. The Kier molecular flexibility index (Phi) is 7.51. The number of carbonyl (C=O) groups excluding carboxylic acids is 1. The lowest BCUT2D eigenvalue weighted by Crippen LogP contribution is -2.25. The third-order valence-electron chi connectivity index (χ3n) is 5.36. The van der Waals surface area contributed by atoms with Crippen LogP contribution in [0, 0.1) is 5.82 Å². The topological polar surface area (TPSA) is 74.6 Å². The number of imidazole rings is 1. The van der Waals surface area contributed by atoms with Crippen LogP contribution in [-0.2, 0) is 11.3 Å². The first-order chi connectivity index (χ1) is 16.1. The van der Waals surface area contributed by atoms with Gasteiger partial charge in [-0.05, 0) is 61.1 Å². The summed E-state index contributed by atoms with van der Waals surface area (Å²) in [5.74, 6) is 0.611. The van der Waals surface area contributed by atoms with Crippen LogP contribution < -0.4 is 14.8 Å². The molecule has 4 rings (SSSR count). The summed E-state index contributed by atoms with van der Waals surface area (Å²) in [6.45, 7) is 1.56. The minimum absolute atomic E-state index is 0.116. The van der Waals surface area contributed by atoms with Crippen LogP contribution in [0.2, 0.25) is 0 Å². The van der Waals surface area contributed by atoms with Gasteiger partial charge in [-0.25, -0.2) is 9.37 Å². The minimum Gasteiger partial charge on any atom is -0.493 e. The molecule has 9 heteroatoms. The summed E-state index contributed by atoms with van der Waals surface area (Å²) >= 11 is 1.41. The van der Waals surface area contributed by atoms with Crippen LogP contribution in [0.3, 0.4) is 0 Å². The average molecular weight is 472 g/mol. The second-order valence-corrected chi connectivity index (χ2v) is 8.33. The SMILES string of the molecule is COc1cc(CNC(=O)c2cnc(SC)n2-c2ccc(F)cc2)ccc1OCC1CCCO1. The van der Waals surface area contributed by atoms with Gasteiger partial charge >= 0.3 is 0 Å². The van der Waals surface area contributed by atoms with Crippen molar-refractivity contribution >= 4 is 17.7 Å². The summed E-state index contributed by atoms with van der Waals surface area (Å²) in [4.78, 5) is 17.3. The van der Waals surface area contributed by atoms with E-state index < -0.39 is 0 Å². The Bertz CT molecular complexity index is 1100. The number of thioether (sulfide) groups is 1. The van der Waals surface area contributed by atoms with E-state index in [0.717, 1.165) is 25.0 Å². The maximum Gasteiger partial charge on any atom is 0.270 e. The van der Waals surface area contributed by atoms with E-state index in [9.17, 15) is 9.18 Å². The molecule has 1 aromatic heterocycles. The zero-order chi connectivity index (χ0) is 23.2. The number of aromatic nitrogens is 2. The summed E-state index contributed by atoms with van der Waals surface area (Å²) in [6.07, 6.45) is 5.57. The second-order valence-electron chi connectivity index (χ2n) is 7.56. The number of nitrogens with zero attached hydrogens (tertiary/aromatic N) is 2. The third kappa shape index (κ3) is 5.48. The Morgan fingerprint density at radius 2 is 2.09 bits per heavy atom. The van der Waals surface area contributed by atoms with Gasteiger partial charge in [-0.1, -0.05) is 17.8 Å². The number of rotatable bonds is 9. The largest absolute Gasteiger partial charge is 0.493 e. The smallest absolute Gasteiger partial charge is 0.270 e. The average Bonchev–Trinajstić information content (AvgIpc) is 3.52. The van der Waals surface area contributed by atoms with E-state index in [4.69, 9.17) is 14.2 Å². The van der Waals surface area contributed by atoms with Gasteiger partial charge in [0.15, 0.2) is 16.7 Å². The lowest BCUT2D eigenvalue weighted by molar-refractivity contribution is 0.0669. The predicted molar refractivity (Wildman–Crippen MR) is 124 cm³/mol. The maximum atomic E-state index is 13.4. The molecule has 0 saturated carbocycles. The molecule has 1 aliphatic heterocycles. The lowest BCUT2D eigenvalue weighted by atomic mass is 10.2. The Morgan fingerprint density at radius 1 is 1.27 bits per heavy atom. The first-order valence-electron chi connectivity index (χ1n) is 10.7. The van der Waals surface area contributed by atoms with Crippen LogP contribution in [0.25, 0.3) is 5.69 Å². The van der Waals surface area contributed by atoms with E-state index in [0.29, 0.717) is 41.2 Å². The molecule has 2 heterocycles. The van der Waals surface area contributed by atoms with E-state index >= 15 is 0 Å². The van der Waals surface area contributed by atoms with Crippen LogP contribution >= 0.6 is 11.8 Å². The first kappa shape index (κ1) is 23.1. The molecule has 1 N–H and O–H groups in total. The molecule has 2 aromatic carbocycles. The zero-order valence-corrected chi connectivity index (χ0v) is 19.4. The fourth-order valence-electron chi connectivity index (χ4n) is 3.65. The van der Waals surface area contributed by atoms with Crippen LogP contribution in [0.15, 0.2) is 53.8 Å². The number of methoxy groups -OCH3 is 1. The Balaban J connectivity index is 1.44. The molecular formula is C24H26FN3O4S. The summed E-state index contributed by atoms with van der Waals surface area (Å²) in [5, 5.41) is 3.56. The molecule has 1 fully saturated rings. The van der Waals surface area contributed by atoms with Crippen molar-refractivity contribution in [1.29, 1.82) is 0 Å². The number of carbonyl (C=O) groups is 1. The van der Waals surface area contributed by atoms with Crippen LogP contribution in [0.5, 0.6) is 11.5 Å².